The molecular formula is C11H11CoS-5. The molecule has 0 N–H and O–H groups in total. The van der Waals surface area contributed by atoms with Crippen LogP contribution in [-0.2, 0) is 28.5 Å². The summed E-state index contributed by atoms with van der Waals surface area (Å²) in [6.07, 6.45) is 1.20. The molecule has 0 saturated heterocycles. The van der Waals surface area contributed by atoms with Crippen LogP contribution in [0, 0.1) is 29.7 Å². The van der Waals surface area contributed by atoms with E-state index in [4.69, 9.17) is 0 Å². The van der Waals surface area contributed by atoms with Gasteiger partial charge in [-0.2, -0.15) is 17.3 Å². The topological polar surface area (TPSA) is 0 Å². The van der Waals surface area contributed by atoms with Crippen molar-refractivity contribution in [1.29, 1.82) is 0 Å². The summed E-state index contributed by atoms with van der Waals surface area (Å²) in [7, 11) is 0. The van der Waals surface area contributed by atoms with Crippen LogP contribution < -0.4 is 0 Å². The molecule has 0 bridgehead atoms. The molecule has 1 aromatic rings. The second kappa shape index (κ2) is 7.36. The van der Waals surface area contributed by atoms with Gasteiger partial charge in [-0.05, 0) is 6.92 Å². The molecule has 0 saturated carbocycles. The zero-order chi connectivity index (χ0) is 8.81. The summed E-state index contributed by atoms with van der Waals surface area (Å²) in [5.41, 5.74) is 1.52. The maximum absolute atomic E-state index is 3.23. The van der Waals surface area contributed by atoms with E-state index in [0.29, 0.717) is 0 Å². The van der Waals surface area contributed by atoms with E-state index in [2.05, 4.69) is 43.5 Å². The van der Waals surface area contributed by atoms with Crippen molar-refractivity contribution < 1.29 is 16.8 Å². The first kappa shape index (κ1) is 12.9. The second-order valence-electron chi connectivity index (χ2n) is 2.48. The van der Waals surface area contributed by atoms with Gasteiger partial charge in [0.05, 0.1) is 5.25 Å². The molecule has 0 amide bonds. The van der Waals surface area contributed by atoms with Gasteiger partial charge in [-0.15, -0.1) is 0 Å². The molecule has 1 radical (unpaired) electrons. The third-order valence-electron chi connectivity index (χ3n) is 1.64. The monoisotopic (exact) mass is 234 g/mol. The fourth-order valence-electron chi connectivity index (χ4n) is 0.840. The van der Waals surface area contributed by atoms with Gasteiger partial charge in [-0.1, -0.05) is 13.3 Å². The predicted molar refractivity (Wildman–Crippen MR) is 52.6 cm³/mol. The van der Waals surface area contributed by atoms with Crippen LogP contribution in [0.15, 0.2) is 11.6 Å². The van der Waals surface area contributed by atoms with Crippen LogP contribution in [0.25, 0.3) is 0 Å². The molecular weight excluding hydrogens is 223 g/mol. The summed E-state index contributed by atoms with van der Waals surface area (Å²) in [5, 5.41) is 4.06. The fourth-order valence-corrected chi connectivity index (χ4v) is 1.75. The molecule has 75 valence electrons. The summed E-state index contributed by atoms with van der Waals surface area (Å²) in [5.74, 6) is 0. The minimum absolute atomic E-state index is 0. The molecule has 0 spiro atoms. The van der Waals surface area contributed by atoms with E-state index in [1.807, 2.05) is 0 Å². The molecule has 13 heavy (non-hydrogen) atoms. The van der Waals surface area contributed by atoms with E-state index >= 15 is 0 Å². The maximum atomic E-state index is 3.23. The zero-order valence-corrected chi connectivity index (χ0v) is 9.58. The van der Waals surface area contributed by atoms with Crippen LogP contribution in [0.2, 0.25) is 0 Å². The molecule has 1 unspecified atom stereocenters. The first-order valence-corrected chi connectivity index (χ1v) is 4.95. The van der Waals surface area contributed by atoms with Crippen LogP contribution in [-0.4, -0.2) is 5.25 Å². The van der Waals surface area contributed by atoms with Crippen LogP contribution in [0.1, 0.15) is 20.3 Å². The van der Waals surface area contributed by atoms with Crippen LogP contribution in [0.4, 0.5) is 0 Å². The Bertz CT molecular complexity index is 209. The average Bonchev–Trinajstić information content (AvgIpc) is 2.59. The molecule has 0 fully saturated rings. The molecule has 0 nitrogen and oxygen atoms in total. The van der Waals surface area contributed by atoms with E-state index in [9.17, 15) is 0 Å². The molecule has 1 atom stereocenters. The normalized spacial score (nSPS) is 18.6. The summed E-state index contributed by atoms with van der Waals surface area (Å²) in [6.45, 7) is 4.43. The summed E-state index contributed by atoms with van der Waals surface area (Å²) in [4.78, 5) is 0. The maximum Gasteiger partial charge on any atom is 0.0793 e. The Kier molecular flexibility index (Phi) is 7.33. The SMILES string of the molecule is CCC1=[C-][SH+]C1C.[Co].[c-]1[c-][c-][cH-][c-]1. The Morgan fingerprint density at radius 2 is 2.00 bits per heavy atom. The predicted octanol–water partition coefficient (Wildman–Crippen LogP) is 1.90. The summed E-state index contributed by atoms with van der Waals surface area (Å²) >= 11 is 1.40. The Morgan fingerprint density at radius 3 is 2.08 bits per heavy atom. The van der Waals surface area contributed by atoms with E-state index in [-0.39, 0.29) is 16.8 Å². The van der Waals surface area contributed by atoms with Crippen molar-refractivity contribution >= 4 is 11.8 Å². The first-order valence-electron chi connectivity index (χ1n) is 3.99. The largest absolute Gasteiger partial charge is 0.999 e. The molecule has 2 rings (SSSR count). The number of hydrogen-bond acceptors (Lipinski definition) is 0. The summed E-state index contributed by atoms with van der Waals surface area (Å²) < 4.78 is 0. The third kappa shape index (κ3) is 4.65. The molecule has 1 aliphatic rings. The number of thiol groups is 1. The Balaban J connectivity index is 0.000000215. The van der Waals surface area contributed by atoms with Crippen molar-refractivity contribution in [2.75, 3.05) is 0 Å². The fraction of sp³-hybridized carbons (Fsp3) is 0.364. The van der Waals surface area contributed by atoms with Crippen molar-refractivity contribution in [1.82, 2.24) is 0 Å². The Labute approximate surface area is 95.4 Å². The van der Waals surface area contributed by atoms with Gasteiger partial charge in [0.25, 0.3) is 0 Å². The van der Waals surface area contributed by atoms with Crippen molar-refractivity contribution in [2.45, 2.75) is 25.5 Å². The van der Waals surface area contributed by atoms with Crippen molar-refractivity contribution in [3.05, 3.63) is 41.3 Å². The minimum atomic E-state index is 0. The second-order valence-corrected chi connectivity index (χ2v) is 3.74. The van der Waals surface area contributed by atoms with Crippen molar-refractivity contribution in [3.8, 4) is 0 Å². The Hall–Kier alpha value is -0.0535. The Morgan fingerprint density at radius 1 is 1.38 bits per heavy atom. The van der Waals surface area contributed by atoms with Gasteiger partial charge >= 0.3 is 0 Å². The molecule has 1 aliphatic heterocycles. The van der Waals surface area contributed by atoms with Gasteiger partial charge in [0.2, 0.25) is 0 Å². The third-order valence-corrected chi connectivity index (χ3v) is 2.75. The van der Waals surface area contributed by atoms with E-state index in [1.165, 1.54) is 23.8 Å². The zero-order valence-electron chi connectivity index (χ0n) is 7.64. The van der Waals surface area contributed by atoms with Crippen molar-refractivity contribution in [3.63, 3.8) is 0 Å². The van der Waals surface area contributed by atoms with Gasteiger partial charge in [0, 0.05) is 16.8 Å². The van der Waals surface area contributed by atoms with Gasteiger partial charge < -0.3 is 30.3 Å². The van der Waals surface area contributed by atoms with Gasteiger partial charge in [0.15, 0.2) is 0 Å². The molecule has 0 aromatic heterocycles. The standard InChI is InChI=1S/C6H10S.C5H.Co/c1-3-6-4-7-5(6)2;1-2-4-5-3-1;/h5,7H,3H2,1-2H3;1H;/q;-5;. The van der Waals surface area contributed by atoms with E-state index < -0.39 is 0 Å². The van der Waals surface area contributed by atoms with Gasteiger partial charge in [-0.25, -0.2) is 5.41 Å². The smallest absolute Gasteiger partial charge is 0.0793 e. The molecule has 2 heteroatoms. The number of hydrogen-bond donors (Lipinski definition) is 0. The average molecular weight is 234 g/mol. The van der Waals surface area contributed by atoms with Gasteiger partial charge in [0.1, 0.15) is 0 Å². The van der Waals surface area contributed by atoms with E-state index in [0.717, 1.165) is 5.25 Å². The van der Waals surface area contributed by atoms with Crippen LogP contribution >= 0.6 is 0 Å². The number of rotatable bonds is 1. The van der Waals surface area contributed by atoms with Crippen LogP contribution in [0.3, 0.4) is 0 Å². The molecule has 0 aliphatic carbocycles. The molecule has 1 aromatic carbocycles. The molecule has 1 heterocycles. The van der Waals surface area contributed by atoms with Crippen molar-refractivity contribution in [2.24, 2.45) is 0 Å². The van der Waals surface area contributed by atoms with E-state index in [1.54, 1.807) is 6.07 Å². The summed E-state index contributed by atoms with van der Waals surface area (Å²) in [6, 6.07) is 12.0. The quantitative estimate of drug-likeness (QED) is 0.395. The van der Waals surface area contributed by atoms with Gasteiger partial charge in [-0.3, -0.25) is 0 Å². The minimum Gasteiger partial charge on any atom is -0.999 e. The first-order chi connectivity index (χ1) is 5.84. The van der Waals surface area contributed by atoms with Crippen LogP contribution in [0.5, 0.6) is 0 Å².